The van der Waals surface area contributed by atoms with Crippen LogP contribution in [-0.4, -0.2) is 24.1 Å². The van der Waals surface area contributed by atoms with Crippen molar-refractivity contribution in [3.05, 3.63) is 59.4 Å². The summed E-state index contributed by atoms with van der Waals surface area (Å²) in [7, 11) is 0. The summed E-state index contributed by atoms with van der Waals surface area (Å²) in [6, 6.07) is 14.4. The van der Waals surface area contributed by atoms with Gasteiger partial charge < -0.3 is 15.4 Å². The molecule has 1 aromatic heterocycles. The molecule has 0 fully saturated rings. The molecule has 5 heteroatoms. The number of hydrogen-bond donors (Lipinski definition) is 2. The molecule has 0 aliphatic heterocycles. The number of aryl methyl sites for hydroxylation is 1. The SMILES string of the molecule is CCNC(=NCc1cccc(C)n1)NC(C)c1ccc(OCC(C)C)cc1. The maximum absolute atomic E-state index is 5.76. The average Bonchev–Trinajstić information content (AvgIpc) is 2.65. The lowest BCUT2D eigenvalue weighted by Crippen LogP contribution is -2.38. The zero-order chi connectivity index (χ0) is 19.6. The molecular weight excluding hydrogens is 336 g/mol. The predicted octanol–water partition coefficient (Wildman–Crippen LogP) is 4.24. The first-order valence-electron chi connectivity index (χ1n) is 9.68. The van der Waals surface area contributed by atoms with E-state index in [0.29, 0.717) is 12.5 Å². The van der Waals surface area contributed by atoms with Gasteiger partial charge in [0.25, 0.3) is 0 Å². The van der Waals surface area contributed by atoms with Crippen LogP contribution in [0, 0.1) is 12.8 Å². The van der Waals surface area contributed by atoms with E-state index in [9.17, 15) is 0 Å². The van der Waals surface area contributed by atoms with E-state index in [-0.39, 0.29) is 6.04 Å². The van der Waals surface area contributed by atoms with Crippen molar-refractivity contribution in [1.82, 2.24) is 15.6 Å². The van der Waals surface area contributed by atoms with Gasteiger partial charge in [0.15, 0.2) is 5.96 Å². The fraction of sp³-hybridized carbons (Fsp3) is 0.455. The minimum atomic E-state index is 0.132. The van der Waals surface area contributed by atoms with Crippen LogP contribution in [0.5, 0.6) is 5.75 Å². The Morgan fingerprint density at radius 1 is 1.11 bits per heavy atom. The number of ether oxygens (including phenoxy) is 1. The lowest BCUT2D eigenvalue weighted by molar-refractivity contribution is 0.271. The quantitative estimate of drug-likeness (QED) is 0.540. The summed E-state index contributed by atoms with van der Waals surface area (Å²) in [4.78, 5) is 9.17. The van der Waals surface area contributed by atoms with Crippen LogP contribution in [0.2, 0.25) is 0 Å². The number of rotatable bonds is 8. The Morgan fingerprint density at radius 2 is 1.85 bits per heavy atom. The van der Waals surface area contributed by atoms with E-state index in [1.54, 1.807) is 0 Å². The Balaban J connectivity index is 1.98. The maximum atomic E-state index is 5.76. The number of aromatic nitrogens is 1. The third kappa shape index (κ3) is 7.29. The van der Waals surface area contributed by atoms with Crippen LogP contribution >= 0.6 is 0 Å². The molecule has 2 N–H and O–H groups in total. The van der Waals surface area contributed by atoms with Crippen molar-refractivity contribution in [3.63, 3.8) is 0 Å². The molecule has 0 radical (unpaired) electrons. The van der Waals surface area contributed by atoms with E-state index in [0.717, 1.165) is 36.2 Å². The molecule has 0 aliphatic carbocycles. The van der Waals surface area contributed by atoms with Crippen molar-refractivity contribution >= 4 is 5.96 Å². The largest absolute Gasteiger partial charge is 0.493 e. The van der Waals surface area contributed by atoms with Crippen LogP contribution in [0.25, 0.3) is 0 Å². The molecule has 1 atom stereocenters. The Hall–Kier alpha value is -2.56. The Bertz CT molecular complexity index is 725. The normalized spacial score (nSPS) is 12.7. The summed E-state index contributed by atoms with van der Waals surface area (Å²) in [6.45, 7) is 12.6. The summed E-state index contributed by atoms with van der Waals surface area (Å²) >= 11 is 0. The van der Waals surface area contributed by atoms with Crippen LogP contribution in [-0.2, 0) is 6.54 Å². The fourth-order valence-corrected chi connectivity index (χ4v) is 2.57. The van der Waals surface area contributed by atoms with Crippen LogP contribution in [0.1, 0.15) is 50.7 Å². The molecule has 5 nitrogen and oxygen atoms in total. The number of aliphatic imine (C=N–C) groups is 1. The van der Waals surface area contributed by atoms with E-state index >= 15 is 0 Å². The number of pyridine rings is 1. The molecule has 0 saturated heterocycles. The monoisotopic (exact) mass is 368 g/mol. The number of hydrogen-bond acceptors (Lipinski definition) is 3. The molecule has 146 valence electrons. The second kappa shape index (κ2) is 10.6. The maximum Gasteiger partial charge on any atom is 0.192 e. The van der Waals surface area contributed by atoms with Gasteiger partial charge in [-0.15, -0.1) is 0 Å². The third-order valence-corrected chi connectivity index (χ3v) is 4.01. The predicted molar refractivity (Wildman–Crippen MR) is 112 cm³/mol. The minimum Gasteiger partial charge on any atom is -0.493 e. The second-order valence-electron chi connectivity index (χ2n) is 7.11. The van der Waals surface area contributed by atoms with Gasteiger partial charge in [-0.1, -0.05) is 32.0 Å². The zero-order valence-corrected chi connectivity index (χ0v) is 17.1. The van der Waals surface area contributed by atoms with Gasteiger partial charge in [-0.05, 0) is 56.5 Å². The number of nitrogens with one attached hydrogen (secondary N) is 2. The van der Waals surface area contributed by atoms with Gasteiger partial charge in [0.1, 0.15) is 5.75 Å². The summed E-state index contributed by atoms with van der Waals surface area (Å²) in [5, 5.41) is 6.76. The van der Waals surface area contributed by atoms with E-state index in [4.69, 9.17) is 4.74 Å². The highest BCUT2D eigenvalue weighted by molar-refractivity contribution is 5.80. The number of guanidine groups is 1. The molecule has 2 aromatic rings. The molecule has 1 aromatic carbocycles. The standard InChI is InChI=1S/C22H32N4O/c1-6-23-22(24-14-20-9-7-8-17(4)25-20)26-18(5)19-10-12-21(13-11-19)27-15-16(2)3/h7-13,16,18H,6,14-15H2,1-5H3,(H2,23,24,26). The lowest BCUT2D eigenvalue weighted by atomic mass is 10.1. The highest BCUT2D eigenvalue weighted by atomic mass is 16.5. The summed E-state index contributed by atoms with van der Waals surface area (Å²) < 4.78 is 5.76. The Kier molecular flexibility index (Phi) is 8.11. The smallest absolute Gasteiger partial charge is 0.192 e. The molecule has 0 aliphatic rings. The van der Waals surface area contributed by atoms with Gasteiger partial charge in [0, 0.05) is 12.2 Å². The summed E-state index contributed by atoms with van der Waals surface area (Å²) in [5.74, 6) is 2.21. The Morgan fingerprint density at radius 3 is 2.48 bits per heavy atom. The third-order valence-electron chi connectivity index (χ3n) is 4.01. The number of nitrogens with zero attached hydrogens (tertiary/aromatic N) is 2. The van der Waals surface area contributed by atoms with Gasteiger partial charge in [-0.25, -0.2) is 4.99 Å². The molecule has 1 unspecified atom stereocenters. The topological polar surface area (TPSA) is 58.5 Å². The first-order chi connectivity index (χ1) is 13.0. The molecule has 0 bridgehead atoms. The molecule has 2 rings (SSSR count). The van der Waals surface area contributed by atoms with Crippen LogP contribution in [0.4, 0.5) is 0 Å². The van der Waals surface area contributed by atoms with E-state index < -0.39 is 0 Å². The first kappa shape index (κ1) is 20.7. The summed E-state index contributed by atoms with van der Waals surface area (Å²) in [5.41, 5.74) is 3.16. The highest BCUT2D eigenvalue weighted by Gasteiger charge is 2.08. The van der Waals surface area contributed by atoms with E-state index in [2.05, 4.69) is 60.4 Å². The van der Waals surface area contributed by atoms with Gasteiger partial charge >= 0.3 is 0 Å². The van der Waals surface area contributed by atoms with Crippen molar-refractivity contribution in [2.75, 3.05) is 13.2 Å². The van der Waals surface area contributed by atoms with E-state index in [1.165, 1.54) is 5.56 Å². The van der Waals surface area contributed by atoms with Crippen LogP contribution in [0.3, 0.4) is 0 Å². The molecular formula is C22H32N4O. The minimum absolute atomic E-state index is 0.132. The van der Waals surface area contributed by atoms with Crippen molar-refractivity contribution in [2.24, 2.45) is 10.9 Å². The van der Waals surface area contributed by atoms with Crippen LogP contribution in [0.15, 0.2) is 47.5 Å². The van der Waals surface area contributed by atoms with Crippen LogP contribution < -0.4 is 15.4 Å². The van der Waals surface area contributed by atoms with Gasteiger partial charge in [-0.3, -0.25) is 4.98 Å². The zero-order valence-electron chi connectivity index (χ0n) is 17.1. The molecule has 27 heavy (non-hydrogen) atoms. The first-order valence-corrected chi connectivity index (χ1v) is 9.68. The summed E-state index contributed by atoms with van der Waals surface area (Å²) in [6.07, 6.45) is 0. The number of benzene rings is 1. The van der Waals surface area contributed by atoms with Crippen molar-refractivity contribution in [2.45, 2.75) is 47.2 Å². The van der Waals surface area contributed by atoms with Crippen molar-refractivity contribution < 1.29 is 4.74 Å². The van der Waals surface area contributed by atoms with Crippen molar-refractivity contribution in [1.29, 1.82) is 0 Å². The Labute approximate surface area is 163 Å². The van der Waals surface area contributed by atoms with Gasteiger partial charge in [-0.2, -0.15) is 0 Å². The van der Waals surface area contributed by atoms with Gasteiger partial charge in [0.2, 0.25) is 0 Å². The molecule has 0 saturated carbocycles. The second-order valence-corrected chi connectivity index (χ2v) is 7.11. The average molecular weight is 369 g/mol. The fourth-order valence-electron chi connectivity index (χ4n) is 2.57. The molecule has 1 heterocycles. The van der Waals surface area contributed by atoms with E-state index in [1.807, 2.05) is 37.3 Å². The van der Waals surface area contributed by atoms with Crippen molar-refractivity contribution in [3.8, 4) is 5.75 Å². The molecule has 0 spiro atoms. The highest BCUT2D eigenvalue weighted by Crippen LogP contribution is 2.18. The lowest BCUT2D eigenvalue weighted by Gasteiger charge is -2.18. The van der Waals surface area contributed by atoms with Gasteiger partial charge in [0.05, 0.1) is 24.9 Å². The molecule has 0 amide bonds.